The summed E-state index contributed by atoms with van der Waals surface area (Å²) in [5.41, 5.74) is 0.661. The van der Waals surface area contributed by atoms with Crippen LogP contribution < -0.4 is 9.47 Å². The lowest BCUT2D eigenvalue weighted by Crippen LogP contribution is -2.27. The Bertz CT molecular complexity index is 730. The molecular formula is C18H20ClNO4S. The van der Waals surface area contributed by atoms with Gasteiger partial charge in [0.15, 0.2) is 11.5 Å². The van der Waals surface area contributed by atoms with E-state index in [2.05, 4.69) is 6.58 Å². The van der Waals surface area contributed by atoms with Gasteiger partial charge in [0.1, 0.15) is 0 Å². The van der Waals surface area contributed by atoms with Crippen molar-refractivity contribution in [2.24, 2.45) is 0 Å². The first-order valence-corrected chi connectivity index (χ1v) is 9.06. The number of imide groups is 1. The monoisotopic (exact) mass is 381 g/mol. The molecule has 0 N–H and O–H groups in total. The molecular weight excluding hydrogens is 362 g/mol. The fraction of sp³-hybridized carbons (Fsp3) is 0.333. The van der Waals surface area contributed by atoms with Gasteiger partial charge in [0.05, 0.1) is 22.6 Å². The van der Waals surface area contributed by atoms with Crippen molar-refractivity contribution in [1.29, 1.82) is 0 Å². The maximum absolute atomic E-state index is 12.3. The van der Waals surface area contributed by atoms with Crippen molar-refractivity contribution in [2.75, 3.05) is 13.2 Å². The predicted octanol–water partition coefficient (Wildman–Crippen LogP) is 4.75. The minimum atomic E-state index is -0.341. The molecule has 1 aromatic carbocycles. The second kappa shape index (κ2) is 8.45. The molecule has 0 unspecified atom stereocenters. The number of ether oxygens (including phenoxy) is 2. The lowest BCUT2D eigenvalue weighted by Gasteiger charge is -2.16. The van der Waals surface area contributed by atoms with Crippen LogP contribution in [-0.2, 0) is 4.79 Å². The van der Waals surface area contributed by atoms with Crippen LogP contribution in [-0.4, -0.2) is 35.3 Å². The van der Waals surface area contributed by atoms with E-state index in [4.69, 9.17) is 21.1 Å². The highest BCUT2D eigenvalue weighted by Gasteiger charge is 2.34. The standard InChI is InChI=1S/C18H20ClNO4S/c1-5-7-20-17(21)15(25-18(20)22)10-12-8-13(19)16(24-11(3)4)14(9-12)23-6-2/h5,8-11H,1,6-7H2,2-4H3. The topological polar surface area (TPSA) is 55.8 Å². The average molecular weight is 382 g/mol. The molecule has 0 radical (unpaired) electrons. The number of hydrogen-bond acceptors (Lipinski definition) is 5. The normalized spacial score (nSPS) is 16.0. The minimum absolute atomic E-state index is 0.0574. The molecule has 0 saturated carbocycles. The number of rotatable bonds is 7. The van der Waals surface area contributed by atoms with Gasteiger partial charge in [-0.2, -0.15) is 0 Å². The van der Waals surface area contributed by atoms with E-state index in [1.165, 1.54) is 6.08 Å². The highest BCUT2D eigenvalue weighted by Crippen LogP contribution is 2.39. The molecule has 2 rings (SSSR count). The molecule has 0 atom stereocenters. The second-order valence-electron chi connectivity index (χ2n) is 5.51. The summed E-state index contributed by atoms with van der Waals surface area (Å²) in [6.07, 6.45) is 3.08. The molecule has 0 aliphatic carbocycles. The van der Waals surface area contributed by atoms with E-state index >= 15 is 0 Å². The summed E-state index contributed by atoms with van der Waals surface area (Å²) in [4.78, 5) is 25.7. The van der Waals surface area contributed by atoms with E-state index < -0.39 is 0 Å². The summed E-state index contributed by atoms with van der Waals surface area (Å²) in [6, 6.07) is 3.43. The molecule has 7 heteroatoms. The summed E-state index contributed by atoms with van der Waals surface area (Å²) in [5, 5.41) is 0.0725. The van der Waals surface area contributed by atoms with Gasteiger partial charge in [-0.1, -0.05) is 17.7 Å². The molecule has 0 spiro atoms. The van der Waals surface area contributed by atoms with Crippen molar-refractivity contribution in [2.45, 2.75) is 26.9 Å². The zero-order valence-corrected chi connectivity index (χ0v) is 15.9. The van der Waals surface area contributed by atoms with Gasteiger partial charge in [0.25, 0.3) is 11.1 Å². The van der Waals surface area contributed by atoms with Gasteiger partial charge in [-0.3, -0.25) is 14.5 Å². The average Bonchev–Trinajstić information content (AvgIpc) is 2.79. The van der Waals surface area contributed by atoms with Crippen molar-refractivity contribution >= 4 is 40.6 Å². The van der Waals surface area contributed by atoms with Crippen LogP contribution in [0.15, 0.2) is 29.7 Å². The number of thioether (sulfide) groups is 1. The van der Waals surface area contributed by atoms with E-state index in [9.17, 15) is 9.59 Å². The molecule has 1 fully saturated rings. The van der Waals surface area contributed by atoms with E-state index in [0.717, 1.165) is 16.7 Å². The molecule has 134 valence electrons. The van der Waals surface area contributed by atoms with Crippen LogP contribution in [0.5, 0.6) is 11.5 Å². The molecule has 2 amide bonds. The Morgan fingerprint density at radius 1 is 1.36 bits per heavy atom. The number of hydrogen-bond donors (Lipinski definition) is 0. The fourth-order valence-electron chi connectivity index (χ4n) is 2.22. The van der Waals surface area contributed by atoms with Gasteiger partial charge < -0.3 is 9.47 Å². The van der Waals surface area contributed by atoms with Crippen molar-refractivity contribution in [3.8, 4) is 11.5 Å². The van der Waals surface area contributed by atoms with Crippen LogP contribution in [0.3, 0.4) is 0 Å². The number of carbonyl (C=O) groups is 2. The number of nitrogens with zero attached hydrogens (tertiary/aromatic N) is 1. The SMILES string of the molecule is C=CCN1C(=O)SC(=Cc2cc(Cl)c(OC(C)C)c(OCC)c2)C1=O. The summed E-state index contributed by atoms with van der Waals surface area (Å²) in [5.74, 6) is 0.627. The molecule has 1 heterocycles. The molecule has 1 aliphatic rings. The third kappa shape index (κ3) is 4.58. The van der Waals surface area contributed by atoms with Crippen LogP contribution in [0.1, 0.15) is 26.3 Å². The first kappa shape index (κ1) is 19.4. The summed E-state index contributed by atoms with van der Waals surface area (Å²) in [7, 11) is 0. The summed E-state index contributed by atoms with van der Waals surface area (Å²) < 4.78 is 11.3. The Kier molecular flexibility index (Phi) is 6.56. The van der Waals surface area contributed by atoms with E-state index in [0.29, 0.717) is 33.6 Å². The van der Waals surface area contributed by atoms with Crippen LogP contribution in [0.2, 0.25) is 5.02 Å². The Morgan fingerprint density at radius 2 is 2.08 bits per heavy atom. The summed E-state index contributed by atoms with van der Waals surface area (Å²) in [6.45, 7) is 9.85. The quantitative estimate of drug-likeness (QED) is 0.504. The molecule has 0 aromatic heterocycles. The highest BCUT2D eigenvalue weighted by atomic mass is 35.5. The van der Waals surface area contributed by atoms with Gasteiger partial charge in [-0.05, 0) is 56.3 Å². The first-order valence-electron chi connectivity index (χ1n) is 7.86. The van der Waals surface area contributed by atoms with Crippen molar-refractivity contribution < 1.29 is 19.1 Å². The zero-order chi connectivity index (χ0) is 18.6. The van der Waals surface area contributed by atoms with Gasteiger partial charge >= 0.3 is 0 Å². The maximum Gasteiger partial charge on any atom is 0.293 e. The van der Waals surface area contributed by atoms with Crippen LogP contribution in [0.25, 0.3) is 6.08 Å². The van der Waals surface area contributed by atoms with Crippen molar-refractivity contribution in [1.82, 2.24) is 4.90 Å². The van der Waals surface area contributed by atoms with Crippen molar-refractivity contribution in [3.63, 3.8) is 0 Å². The Hall–Kier alpha value is -1.92. The Balaban J connectivity index is 2.38. The van der Waals surface area contributed by atoms with E-state index in [1.807, 2.05) is 20.8 Å². The lowest BCUT2D eigenvalue weighted by atomic mass is 10.1. The van der Waals surface area contributed by atoms with Crippen LogP contribution in [0.4, 0.5) is 4.79 Å². The zero-order valence-electron chi connectivity index (χ0n) is 14.4. The minimum Gasteiger partial charge on any atom is -0.490 e. The smallest absolute Gasteiger partial charge is 0.293 e. The molecule has 0 bridgehead atoms. The largest absolute Gasteiger partial charge is 0.490 e. The van der Waals surface area contributed by atoms with Crippen LogP contribution in [0, 0.1) is 0 Å². The molecule has 1 saturated heterocycles. The maximum atomic E-state index is 12.3. The summed E-state index contributed by atoms with van der Waals surface area (Å²) >= 11 is 7.22. The highest BCUT2D eigenvalue weighted by molar-refractivity contribution is 8.18. The molecule has 25 heavy (non-hydrogen) atoms. The number of halogens is 1. The fourth-order valence-corrected chi connectivity index (χ4v) is 3.33. The Labute approximate surface area is 156 Å². The third-order valence-corrected chi connectivity index (χ3v) is 4.36. The predicted molar refractivity (Wildman–Crippen MR) is 101 cm³/mol. The first-order chi connectivity index (χ1) is 11.9. The van der Waals surface area contributed by atoms with Gasteiger partial charge in [-0.25, -0.2) is 0 Å². The molecule has 1 aromatic rings. The molecule has 1 aliphatic heterocycles. The van der Waals surface area contributed by atoms with E-state index in [1.54, 1.807) is 18.2 Å². The van der Waals surface area contributed by atoms with Gasteiger partial charge in [-0.15, -0.1) is 6.58 Å². The number of carbonyl (C=O) groups excluding carboxylic acids is 2. The third-order valence-electron chi connectivity index (χ3n) is 3.17. The van der Waals surface area contributed by atoms with Crippen molar-refractivity contribution in [3.05, 3.63) is 40.3 Å². The van der Waals surface area contributed by atoms with Crippen LogP contribution >= 0.6 is 23.4 Å². The number of amides is 2. The second-order valence-corrected chi connectivity index (χ2v) is 6.91. The van der Waals surface area contributed by atoms with E-state index in [-0.39, 0.29) is 23.8 Å². The lowest BCUT2D eigenvalue weighted by molar-refractivity contribution is -0.122. The number of benzene rings is 1. The Morgan fingerprint density at radius 3 is 2.68 bits per heavy atom. The molecule has 5 nitrogen and oxygen atoms in total. The van der Waals surface area contributed by atoms with Gasteiger partial charge in [0.2, 0.25) is 0 Å². The van der Waals surface area contributed by atoms with Gasteiger partial charge in [0, 0.05) is 6.54 Å².